The van der Waals surface area contributed by atoms with Crippen molar-refractivity contribution >= 4 is 5.97 Å². The van der Waals surface area contributed by atoms with Crippen molar-refractivity contribution in [2.45, 2.75) is 33.2 Å². The minimum absolute atomic E-state index is 0.163. The summed E-state index contributed by atoms with van der Waals surface area (Å²) in [5.74, 6) is 1.60. The molecule has 1 unspecified atom stereocenters. The number of aryl methyl sites for hydroxylation is 1. The highest BCUT2D eigenvalue weighted by molar-refractivity contribution is 5.87. The maximum absolute atomic E-state index is 11.3. The number of hydrogen-bond donors (Lipinski definition) is 1. The van der Waals surface area contributed by atoms with Gasteiger partial charge >= 0.3 is 5.97 Å². The topological polar surface area (TPSA) is 68.3 Å². The first-order valence-corrected chi connectivity index (χ1v) is 6.45. The van der Waals surface area contributed by atoms with E-state index in [1.54, 1.807) is 0 Å². The highest BCUT2D eigenvalue weighted by Crippen LogP contribution is 2.30. The summed E-state index contributed by atoms with van der Waals surface area (Å²) < 4.78 is 7.57. The van der Waals surface area contributed by atoms with Crippen molar-refractivity contribution in [3.63, 3.8) is 0 Å². The van der Waals surface area contributed by atoms with Crippen LogP contribution in [0.2, 0.25) is 0 Å². The van der Waals surface area contributed by atoms with Gasteiger partial charge in [-0.2, -0.15) is 0 Å². The monoisotopic (exact) mass is 260 g/mol. The summed E-state index contributed by atoms with van der Waals surface area (Å²) >= 11 is 0. The summed E-state index contributed by atoms with van der Waals surface area (Å²) in [7, 11) is 0. The van der Waals surface area contributed by atoms with Gasteiger partial charge in [-0.1, -0.05) is 6.92 Å². The molecule has 1 aliphatic heterocycles. The molecule has 2 aromatic rings. The molecule has 0 fully saturated rings. The van der Waals surface area contributed by atoms with Crippen molar-refractivity contribution < 1.29 is 14.3 Å². The van der Waals surface area contributed by atoms with E-state index in [0.29, 0.717) is 17.5 Å². The van der Waals surface area contributed by atoms with Gasteiger partial charge in [0.15, 0.2) is 17.3 Å². The largest absolute Gasteiger partial charge is 0.476 e. The molecule has 1 aliphatic rings. The molecule has 0 radical (unpaired) electrons. The van der Waals surface area contributed by atoms with Gasteiger partial charge in [-0.3, -0.25) is 0 Å². The fraction of sp³-hybridized carbons (Fsp3) is 0.429. The van der Waals surface area contributed by atoms with Crippen LogP contribution in [0, 0.1) is 12.8 Å². The number of fused-ring (bicyclic) bond motifs is 1. The van der Waals surface area contributed by atoms with Gasteiger partial charge in [-0.05, 0) is 37.8 Å². The lowest BCUT2D eigenvalue weighted by molar-refractivity contribution is 0.0689. The molecule has 1 atom stereocenters. The van der Waals surface area contributed by atoms with E-state index < -0.39 is 5.97 Å². The number of rotatable bonds is 2. The Morgan fingerprint density at radius 3 is 2.95 bits per heavy atom. The third kappa shape index (κ3) is 1.95. The predicted octanol–water partition coefficient (Wildman–Crippen LogP) is 2.73. The normalized spacial score (nSPS) is 18.3. The Labute approximate surface area is 110 Å². The number of carboxylic acids is 1. The predicted molar refractivity (Wildman–Crippen MR) is 69.1 cm³/mol. The highest BCUT2D eigenvalue weighted by Gasteiger charge is 2.28. The van der Waals surface area contributed by atoms with Crippen LogP contribution < -0.4 is 0 Å². The van der Waals surface area contributed by atoms with Gasteiger partial charge in [-0.15, -0.1) is 0 Å². The molecule has 5 heteroatoms. The summed E-state index contributed by atoms with van der Waals surface area (Å²) in [5, 5.41) is 9.29. The molecule has 100 valence electrons. The van der Waals surface area contributed by atoms with Crippen LogP contribution in [0.3, 0.4) is 0 Å². The second kappa shape index (κ2) is 4.26. The number of nitrogens with zero attached hydrogens (tertiary/aromatic N) is 2. The molecule has 0 amide bonds. The zero-order valence-corrected chi connectivity index (χ0v) is 11.0. The SMILES string of the molecule is Cc1ccc(-c2nc(C(=O)O)c3n2CCC(C)C3)o1. The van der Waals surface area contributed by atoms with Gasteiger partial charge in [0.1, 0.15) is 5.76 Å². The first-order chi connectivity index (χ1) is 9.06. The standard InChI is InChI=1S/C14H16N2O3/c1-8-5-6-16-10(7-8)12(14(17)18)15-13(16)11-4-3-9(2)19-11/h3-4,8H,5-7H2,1-2H3,(H,17,18). The van der Waals surface area contributed by atoms with E-state index in [0.717, 1.165) is 30.8 Å². The number of aromatic nitrogens is 2. The molecule has 0 saturated heterocycles. The van der Waals surface area contributed by atoms with E-state index in [9.17, 15) is 9.90 Å². The molecule has 0 aliphatic carbocycles. The summed E-state index contributed by atoms with van der Waals surface area (Å²) in [4.78, 5) is 15.6. The first kappa shape index (κ1) is 12.0. The lowest BCUT2D eigenvalue weighted by atomic mass is 9.97. The summed E-state index contributed by atoms with van der Waals surface area (Å²) in [6, 6.07) is 3.71. The van der Waals surface area contributed by atoms with Gasteiger partial charge in [0.05, 0.1) is 5.69 Å². The Morgan fingerprint density at radius 1 is 1.53 bits per heavy atom. The average molecular weight is 260 g/mol. The number of aromatic carboxylic acids is 1. The van der Waals surface area contributed by atoms with E-state index in [2.05, 4.69) is 11.9 Å². The molecular formula is C14H16N2O3. The molecule has 3 heterocycles. The summed E-state index contributed by atoms with van der Waals surface area (Å²) in [6.45, 7) is 4.80. The van der Waals surface area contributed by atoms with Crippen molar-refractivity contribution in [1.82, 2.24) is 9.55 Å². The van der Waals surface area contributed by atoms with Crippen LogP contribution in [-0.4, -0.2) is 20.6 Å². The first-order valence-electron chi connectivity index (χ1n) is 6.45. The number of carbonyl (C=O) groups is 1. The third-order valence-corrected chi connectivity index (χ3v) is 3.62. The van der Waals surface area contributed by atoms with Crippen LogP contribution in [0.1, 0.15) is 35.3 Å². The number of furan rings is 1. The Balaban J connectivity index is 2.16. The lowest BCUT2D eigenvalue weighted by Gasteiger charge is -2.21. The van der Waals surface area contributed by atoms with Crippen LogP contribution in [-0.2, 0) is 13.0 Å². The zero-order valence-electron chi connectivity index (χ0n) is 11.0. The number of carboxylic acid groups (broad SMARTS) is 1. The molecular weight excluding hydrogens is 244 g/mol. The van der Waals surface area contributed by atoms with Crippen molar-refractivity contribution in [1.29, 1.82) is 0 Å². The van der Waals surface area contributed by atoms with Crippen LogP contribution in [0.5, 0.6) is 0 Å². The number of hydrogen-bond acceptors (Lipinski definition) is 3. The number of imidazole rings is 1. The maximum atomic E-state index is 11.3. The molecule has 0 bridgehead atoms. The van der Waals surface area contributed by atoms with E-state index >= 15 is 0 Å². The van der Waals surface area contributed by atoms with Crippen molar-refractivity contribution in [2.75, 3.05) is 0 Å². The van der Waals surface area contributed by atoms with E-state index in [1.807, 2.05) is 23.6 Å². The van der Waals surface area contributed by atoms with Crippen molar-refractivity contribution in [3.8, 4) is 11.6 Å². The minimum atomic E-state index is -0.965. The maximum Gasteiger partial charge on any atom is 0.356 e. The molecule has 0 saturated carbocycles. The zero-order chi connectivity index (χ0) is 13.6. The van der Waals surface area contributed by atoms with Crippen LogP contribution in [0.25, 0.3) is 11.6 Å². The Morgan fingerprint density at radius 2 is 2.32 bits per heavy atom. The van der Waals surface area contributed by atoms with Crippen LogP contribution >= 0.6 is 0 Å². The minimum Gasteiger partial charge on any atom is -0.476 e. The van der Waals surface area contributed by atoms with Gasteiger partial charge in [0, 0.05) is 6.54 Å². The molecule has 5 nitrogen and oxygen atoms in total. The lowest BCUT2D eigenvalue weighted by Crippen LogP contribution is -2.19. The fourth-order valence-electron chi connectivity index (χ4n) is 2.63. The second-order valence-electron chi connectivity index (χ2n) is 5.20. The molecule has 0 aromatic carbocycles. The van der Waals surface area contributed by atoms with Gasteiger partial charge in [0.25, 0.3) is 0 Å². The average Bonchev–Trinajstić information content (AvgIpc) is 2.92. The van der Waals surface area contributed by atoms with E-state index in [4.69, 9.17) is 4.42 Å². The molecule has 2 aromatic heterocycles. The smallest absolute Gasteiger partial charge is 0.356 e. The fourth-order valence-corrected chi connectivity index (χ4v) is 2.63. The molecule has 0 spiro atoms. The van der Waals surface area contributed by atoms with Crippen molar-refractivity contribution in [3.05, 3.63) is 29.3 Å². The van der Waals surface area contributed by atoms with Crippen LogP contribution in [0.4, 0.5) is 0 Å². The van der Waals surface area contributed by atoms with Crippen LogP contribution in [0.15, 0.2) is 16.5 Å². The molecule has 19 heavy (non-hydrogen) atoms. The van der Waals surface area contributed by atoms with Gasteiger partial charge < -0.3 is 14.1 Å². The Bertz CT molecular complexity index is 639. The molecule has 3 rings (SSSR count). The summed E-state index contributed by atoms with van der Waals surface area (Å²) in [5.41, 5.74) is 0.978. The third-order valence-electron chi connectivity index (χ3n) is 3.62. The Hall–Kier alpha value is -2.04. The van der Waals surface area contributed by atoms with Gasteiger partial charge in [0.2, 0.25) is 0 Å². The second-order valence-corrected chi connectivity index (χ2v) is 5.20. The van der Waals surface area contributed by atoms with E-state index in [-0.39, 0.29) is 5.69 Å². The Kier molecular flexibility index (Phi) is 2.69. The van der Waals surface area contributed by atoms with Gasteiger partial charge in [-0.25, -0.2) is 9.78 Å². The summed E-state index contributed by atoms with van der Waals surface area (Å²) in [6.07, 6.45) is 1.80. The highest BCUT2D eigenvalue weighted by atomic mass is 16.4. The van der Waals surface area contributed by atoms with Crippen molar-refractivity contribution in [2.24, 2.45) is 5.92 Å². The van der Waals surface area contributed by atoms with E-state index in [1.165, 1.54) is 0 Å². The quantitative estimate of drug-likeness (QED) is 0.901. The molecule has 1 N–H and O–H groups in total.